The van der Waals surface area contributed by atoms with Crippen molar-refractivity contribution in [1.29, 1.82) is 0 Å². The molecule has 1 aliphatic rings. The van der Waals surface area contributed by atoms with Gasteiger partial charge in [-0.25, -0.2) is 0 Å². The van der Waals surface area contributed by atoms with Crippen molar-refractivity contribution in [2.24, 2.45) is 0 Å². The van der Waals surface area contributed by atoms with Crippen molar-refractivity contribution < 1.29 is 19.2 Å². The highest BCUT2D eigenvalue weighted by atomic mass is 32.1. The predicted molar refractivity (Wildman–Crippen MR) is 109 cm³/mol. The summed E-state index contributed by atoms with van der Waals surface area (Å²) in [4.78, 5) is 15.5. The number of aryl methyl sites for hydroxylation is 1. The highest BCUT2D eigenvalue weighted by Crippen LogP contribution is 2.32. The Morgan fingerprint density at radius 1 is 1.22 bits per heavy atom. The molecule has 6 heteroatoms. The minimum absolute atomic E-state index is 0.0844. The van der Waals surface area contributed by atoms with Crippen LogP contribution in [0.15, 0.2) is 24.3 Å². The van der Waals surface area contributed by atoms with Crippen molar-refractivity contribution >= 4 is 22.2 Å². The van der Waals surface area contributed by atoms with Gasteiger partial charge in [0.05, 0.1) is 7.11 Å². The molecule has 1 aromatic heterocycles. The fourth-order valence-corrected chi connectivity index (χ4v) is 4.76. The number of hydrogen-bond donors (Lipinski definition) is 2. The zero-order valence-corrected chi connectivity index (χ0v) is 17.5. The molecule has 0 spiro atoms. The third kappa shape index (κ3) is 4.69. The van der Waals surface area contributed by atoms with Crippen LogP contribution >= 0.6 is 11.3 Å². The van der Waals surface area contributed by atoms with Gasteiger partial charge in [0.15, 0.2) is 0 Å². The second-order valence-electron chi connectivity index (χ2n) is 7.37. The molecule has 5 nitrogen and oxygen atoms in total. The molecule has 1 amide bonds. The Bertz CT molecular complexity index is 791. The van der Waals surface area contributed by atoms with E-state index in [2.05, 4.69) is 33.0 Å². The van der Waals surface area contributed by atoms with Gasteiger partial charge in [0, 0.05) is 16.0 Å². The molecule has 2 heterocycles. The third-order valence-corrected chi connectivity index (χ3v) is 6.30. The lowest BCUT2D eigenvalue weighted by Crippen LogP contribution is -3.14. The first kappa shape index (κ1) is 19.9. The maximum atomic E-state index is 12.7. The number of benzene rings is 1. The first-order valence-electron chi connectivity index (χ1n) is 9.40. The van der Waals surface area contributed by atoms with Crippen LogP contribution in [0.2, 0.25) is 0 Å². The van der Waals surface area contributed by atoms with Crippen LogP contribution in [0.3, 0.4) is 0 Å². The number of nitrogens with one attached hydrogen (secondary N) is 2. The topological polar surface area (TPSA) is 52.0 Å². The summed E-state index contributed by atoms with van der Waals surface area (Å²) in [5.41, 5.74) is 3.16. The molecule has 0 saturated carbocycles. The zero-order valence-electron chi connectivity index (χ0n) is 16.7. The van der Waals surface area contributed by atoms with Gasteiger partial charge in [0.2, 0.25) is 0 Å². The number of thiophene rings is 1. The first-order valence-corrected chi connectivity index (χ1v) is 10.2. The number of quaternary nitrogens is 1. The maximum Gasteiger partial charge on any atom is 0.256 e. The van der Waals surface area contributed by atoms with E-state index in [-0.39, 0.29) is 18.1 Å². The average molecular weight is 390 g/mol. The van der Waals surface area contributed by atoms with Crippen LogP contribution in [0.25, 0.3) is 0 Å². The van der Waals surface area contributed by atoms with Crippen LogP contribution in [-0.2, 0) is 11.3 Å². The second-order valence-corrected chi connectivity index (χ2v) is 8.59. The van der Waals surface area contributed by atoms with Gasteiger partial charge in [0.25, 0.3) is 5.91 Å². The molecule has 0 bridgehead atoms. The smallest absolute Gasteiger partial charge is 0.256 e. The average Bonchev–Trinajstić information content (AvgIpc) is 2.88. The van der Waals surface area contributed by atoms with Crippen LogP contribution in [0.1, 0.15) is 40.2 Å². The number of ether oxygens (including phenoxy) is 2. The number of hydrogen-bond acceptors (Lipinski definition) is 4. The van der Waals surface area contributed by atoms with Crippen LogP contribution in [0.4, 0.5) is 5.00 Å². The molecule has 0 radical (unpaired) electrons. The minimum Gasteiger partial charge on any atom is -0.497 e. The van der Waals surface area contributed by atoms with E-state index in [1.807, 2.05) is 0 Å². The Hall–Kier alpha value is -1.89. The Morgan fingerprint density at radius 3 is 2.44 bits per heavy atom. The van der Waals surface area contributed by atoms with E-state index in [0.29, 0.717) is 5.56 Å². The molecule has 1 aliphatic heterocycles. The van der Waals surface area contributed by atoms with Crippen molar-refractivity contribution in [1.82, 2.24) is 0 Å². The van der Waals surface area contributed by atoms with Crippen LogP contribution in [-0.4, -0.2) is 38.3 Å². The number of morpholine rings is 1. The fraction of sp³-hybridized carbons (Fsp3) is 0.476. The van der Waals surface area contributed by atoms with E-state index in [0.717, 1.165) is 30.4 Å². The lowest BCUT2D eigenvalue weighted by molar-refractivity contribution is -0.928. The number of methoxy groups -OCH3 is 1. The molecule has 2 aromatic rings. The summed E-state index contributed by atoms with van der Waals surface area (Å²) in [6.07, 6.45) is 0.530. The summed E-state index contributed by atoms with van der Waals surface area (Å²) in [7, 11) is 1.62. The number of rotatable bonds is 5. The lowest BCUT2D eigenvalue weighted by atomic mass is 10.1. The Balaban J connectivity index is 1.77. The van der Waals surface area contributed by atoms with Gasteiger partial charge in [-0.3, -0.25) is 4.79 Å². The Kier molecular flexibility index (Phi) is 6.19. The van der Waals surface area contributed by atoms with Crippen molar-refractivity contribution in [2.75, 3.05) is 25.5 Å². The van der Waals surface area contributed by atoms with E-state index in [1.54, 1.807) is 42.7 Å². The van der Waals surface area contributed by atoms with Gasteiger partial charge in [-0.15, -0.1) is 11.3 Å². The number of anilines is 1. The van der Waals surface area contributed by atoms with Gasteiger partial charge in [-0.05, 0) is 57.5 Å². The molecule has 2 N–H and O–H groups in total. The molecule has 146 valence electrons. The monoisotopic (exact) mass is 389 g/mol. The number of carbonyl (C=O) groups excluding carboxylic acids is 1. The van der Waals surface area contributed by atoms with Gasteiger partial charge >= 0.3 is 0 Å². The van der Waals surface area contributed by atoms with Crippen molar-refractivity contribution in [3.8, 4) is 5.75 Å². The lowest BCUT2D eigenvalue weighted by Gasteiger charge is -2.32. The van der Waals surface area contributed by atoms with Crippen LogP contribution < -0.4 is 15.0 Å². The molecule has 3 rings (SSSR count). The van der Waals surface area contributed by atoms with E-state index in [4.69, 9.17) is 9.47 Å². The summed E-state index contributed by atoms with van der Waals surface area (Å²) in [5, 5.41) is 4.10. The molecule has 0 aliphatic carbocycles. The highest BCUT2D eigenvalue weighted by molar-refractivity contribution is 7.16. The van der Waals surface area contributed by atoms with E-state index < -0.39 is 0 Å². The Labute approximate surface area is 165 Å². The maximum absolute atomic E-state index is 12.7. The second kappa shape index (κ2) is 8.42. The molecule has 2 unspecified atom stereocenters. The molecule has 1 aromatic carbocycles. The molecule has 1 saturated heterocycles. The quantitative estimate of drug-likeness (QED) is 0.827. The summed E-state index contributed by atoms with van der Waals surface area (Å²) < 4.78 is 11.0. The van der Waals surface area contributed by atoms with E-state index in [9.17, 15) is 4.79 Å². The standard InChI is InChI=1S/C21H28N2O3S/c1-13-10-23(11-14(2)26-13)12-19-15(3)16(4)27-21(19)22-20(24)17-6-8-18(25-5)9-7-17/h6-9,13-14H,10-12H2,1-5H3,(H,22,24)/p+1. The number of amides is 1. The molecular weight excluding hydrogens is 360 g/mol. The molecular formula is C21H29N2O3S+. The molecule has 27 heavy (non-hydrogen) atoms. The summed E-state index contributed by atoms with van der Waals surface area (Å²) in [5.74, 6) is 0.660. The van der Waals surface area contributed by atoms with Crippen molar-refractivity contribution in [3.05, 3.63) is 45.8 Å². The molecule has 1 fully saturated rings. The normalized spacial score (nSPS) is 22.5. The first-order chi connectivity index (χ1) is 12.9. The van der Waals surface area contributed by atoms with Crippen molar-refractivity contribution in [2.45, 2.75) is 46.4 Å². The minimum atomic E-state index is -0.0844. The van der Waals surface area contributed by atoms with Gasteiger partial charge in [0.1, 0.15) is 42.6 Å². The third-order valence-electron chi connectivity index (χ3n) is 5.13. The summed E-state index contributed by atoms with van der Waals surface area (Å²) >= 11 is 1.66. The van der Waals surface area contributed by atoms with Gasteiger partial charge in [-0.2, -0.15) is 0 Å². The van der Waals surface area contributed by atoms with Crippen LogP contribution in [0, 0.1) is 13.8 Å². The summed E-state index contributed by atoms with van der Waals surface area (Å²) in [6, 6.07) is 7.19. The van der Waals surface area contributed by atoms with Crippen molar-refractivity contribution in [3.63, 3.8) is 0 Å². The fourth-order valence-electron chi connectivity index (χ4n) is 3.69. The Morgan fingerprint density at radius 2 is 1.85 bits per heavy atom. The number of carbonyl (C=O) groups is 1. The predicted octanol–water partition coefficient (Wildman–Crippen LogP) is 2.82. The van der Waals surface area contributed by atoms with E-state index in [1.165, 1.54) is 20.9 Å². The highest BCUT2D eigenvalue weighted by Gasteiger charge is 2.28. The van der Waals surface area contributed by atoms with Gasteiger partial charge < -0.3 is 19.7 Å². The summed E-state index contributed by atoms with van der Waals surface area (Å²) in [6.45, 7) is 11.4. The van der Waals surface area contributed by atoms with Crippen LogP contribution in [0.5, 0.6) is 5.75 Å². The zero-order chi connectivity index (χ0) is 19.6. The molecule has 2 atom stereocenters. The van der Waals surface area contributed by atoms with E-state index >= 15 is 0 Å². The largest absolute Gasteiger partial charge is 0.497 e. The SMILES string of the molecule is COc1ccc(C(=O)Nc2sc(C)c(C)c2C[NH+]2CC(C)OC(C)C2)cc1. The van der Waals surface area contributed by atoms with Gasteiger partial charge in [-0.1, -0.05) is 0 Å².